The van der Waals surface area contributed by atoms with Gasteiger partial charge in [0.2, 0.25) is 0 Å². The summed E-state index contributed by atoms with van der Waals surface area (Å²) in [6.07, 6.45) is 6.44. The third kappa shape index (κ3) is 8.33. The van der Waals surface area contributed by atoms with Crippen molar-refractivity contribution in [1.29, 1.82) is 0 Å². The van der Waals surface area contributed by atoms with Crippen LogP contribution < -0.4 is 5.73 Å². The standard InChI is InChI=1S/C33H53NO7/c1-10-11-13-17(2)31(41-33(34)39)23(8)28(35)19(4)16-18(3)27-22(7)29(36)20(5)25(27)14-12-15-26-21(6)30(37)24(9)32(38)40-26/h10-14,17,19-31,35-37H,1,3,15-16H2,2,4-9H3,(H2,34,39)/b13-11-,14-12+/t17-,19-,20-,21-,22-,23-,24+,25-,26-,27-,28+,29-,30-,31-/m0/s1. The summed E-state index contributed by atoms with van der Waals surface area (Å²) in [7, 11) is 0. The van der Waals surface area contributed by atoms with Gasteiger partial charge >= 0.3 is 12.1 Å². The van der Waals surface area contributed by atoms with E-state index in [0.29, 0.717) is 12.8 Å². The van der Waals surface area contributed by atoms with Gasteiger partial charge in [0, 0.05) is 24.2 Å². The Morgan fingerprint density at radius 1 is 1.10 bits per heavy atom. The number of carbonyl (C=O) groups is 2. The Hall–Kier alpha value is -2.42. The molecule has 1 heterocycles. The quantitative estimate of drug-likeness (QED) is 0.141. The van der Waals surface area contributed by atoms with Crippen molar-refractivity contribution < 1.29 is 34.4 Å². The first-order chi connectivity index (χ1) is 19.1. The lowest BCUT2D eigenvalue weighted by Gasteiger charge is -2.36. The average molecular weight is 576 g/mol. The number of hydrogen-bond donors (Lipinski definition) is 4. The smallest absolute Gasteiger partial charge is 0.404 e. The van der Waals surface area contributed by atoms with Crippen molar-refractivity contribution in [2.24, 2.45) is 59.0 Å². The normalized spacial score (nSPS) is 36.0. The Kier molecular flexibility index (Phi) is 12.9. The molecule has 0 aromatic carbocycles. The van der Waals surface area contributed by atoms with Crippen LogP contribution in [-0.2, 0) is 14.3 Å². The van der Waals surface area contributed by atoms with Crippen molar-refractivity contribution in [2.45, 2.75) is 91.8 Å². The van der Waals surface area contributed by atoms with Gasteiger partial charge in [-0.25, -0.2) is 4.79 Å². The molecule has 2 rings (SSSR count). The molecule has 1 saturated carbocycles. The van der Waals surface area contributed by atoms with Gasteiger partial charge < -0.3 is 30.5 Å². The Labute approximate surface area is 246 Å². The summed E-state index contributed by atoms with van der Waals surface area (Å²) in [5, 5.41) is 32.7. The van der Waals surface area contributed by atoms with Crippen LogP contribution in [0.1, 0.15) is 61.3 Å². The number of carbonyl (C=O) groups excluding carboxylic acids is 2. The molecule has 0 radical (unpaired) electrons. The Balaban J connectivity index is 2.14. The average Bonchev–Trinajstić information content (AvgIpc) is 3.14. The van der Waals surface area contributed by atoms with Gasteiger partial charge in [-0.05, 0) is 42.9 Å². The second-order valence-electron chi connectivity index (χ2n) is 12.7. The number of amides is 1. The van der Waals surface area contributed by atoms with E-state index >= 15 is 0 Å². The number of cyclic esters (lactones) is 1. The summed E-state index contributed by atoms with van der Waals surface area (Å²) >= 11 is 0. The second kappa shape index (κ2) is 15.2. The van der Waals surface area contributed by atoms with E-state index in [1.165, 1.54) is 0 Å². The lowest BCUT2D eigenvalue weighted by molar-refractivity contribution is -0.176. The fourth-order valence-electron chi connectivity index (χ4n) is 6.92. The zero-order valence-electron chi connectivity index (χ0n) is 25.9. The molecule has 2 fully saturated rings. The van der Waals surface area contributed by atoms with Gasteiger partial charge in [-0.15, -0.1) is 0 Å². The molecule has 41 heavy (non-hydrogen) atoms. The lowest BCUT2D eigenvalue weighted by atomic mass is 9.76. The number of ether oxygens (including phenoxy) is 2. The summed E-state index contributed by atoms with van der Waals surface area (Å²) in [5.41, 5.74) is 6.29. The van der Waals surface area contributed by atoms with Crippen LogP contribution in [0.25, 0.3) is 0 Å². The van der Waals surface area contributed by atoms with Crippen LogP contribution >= 0.6 is 0 Å². The molecule has 5 N–H and O–H groups in total. The van der Waals surface area contributed by atoms with E-state index in [4.69, 9.17) is 15.2 Å². The van der Waals surface area contributed by atoms with Crippen molar-refractivity contribution in [3.63, 3.8) is 0 Å². The molecule has 1 aliphatic carbocycles. The molecule has 1 amide bonds. The molecule has 0 spiro atoms. The number of nitrogens with two attached hydrogens (primary N) is 1. The minimum absolute atomic E-state index is 0.00902. The van der Waals surface area contributed by atoms with E-state index in [-0.39, 0.29) is 47.4 Å². The van der Waals surface area contributed by atoms with Gasteiger partial charge in [0.25, 0.3) is 0 Å². The van der Waals surface area contributed by atoms with Crippen LogP contribution in [0.4, 0.5) is 4.79 Å². The van der Waals surface area contributed by atoms with Crippen LogP contribution in [0, 0.1) is 53.3 Å². The predicted molar refractivity (Wildman–Crippen MR) is 160 cm³/mol. The zero-order valence-corrected chi connectivity index (χ0v) is 25.9. The first-order valence-electron chi connectivity index (χ1n) is 15.0. The van der Waals surface area contributed by atoms with E-state index in [0.717, 1.165) is 5.57 Å². The molecular formula is C33H53NO7. The first-order valence-corrected chi connectivity index (χ1v) is 15.0. The molecule has 0 unspecified atom stereocenters. The van der Waals surface area contributed by atoms with Gasteiger partial charge in [-0.1, -0.05) is 90.7 Å². The molecule has 0 bridgehead atoms. The van der Waals surface area contributed by atoms with Gasteiger partial charge in [-0.2, -0.15) is 0 Å². The van der Waals surface area contributed by atoms with E-state index in [1.54, 1.807) is 19.1 Å². The number of allylic oxidation sites excluding steroid dienone is 4. The zero-order chi connectivity index (χ0) is 31.2. The molecule has 14 atom stereocenters. The molecule has 2 aliphatic rings. The molecule has 8 heteroatoms. The molecule has 8 nitrogen and oxygen atoms in total. The number of aliphatic hydroxyl groups is 3. The third-order valence-electron chi connectivity index (χ3n) is 9.69. The fraction of sp³-hybridized carbons (Fsp3) is 0.697. The maximum atomic E-state index is 12.1. The summed E-state index contributed by atoms with van der Waals surface area (Å²) in [4.78, 5) is 23.7. The minimum atomic E-state index is -0.885. The van der Waals surface area contributed by atoms with Crippen molar-refractivity contribution in [1.82, 2.24) is 0 Å². The van der Waals surface area contributed by atoms with Crippen LogP contribution in [0.5, 0.6) is 0 Å². The van der Waals surface area contributed by atoms with Crippen LogP contribution in [0.15, 0.2) is 49.1 Å². The SMILES string of the molecule is C=C/C=C\[C@H](C)[C@H](OC(N)=O)[C@@H](C)[C@H](O)[C@@H](C)CC(=C)[C@H]1[C@H](C)[C@@H](O)[C@@H](C)[C@@H]1/C=C/C[C@@H]1OC(=O)[C@H](C)[C@@H](O)[C@H]1C. The Bertz CT molecular complexity index is 977. The molecule has 0 aromatic rings. The van der Waals surface area contributed by atoms with Crippen LogP contribution in [0.3, 0.4) is 0 Å². The third-order valence-corrected chi connectivity index (χ3v) is 9.69. The minimum Gasteiger partial charge on any atom is -0.461 e. The monoisotopic (exact) mass is 575 g/mol. The Morgan fingerprint density at radius 2 is 1.73 bits per heavy atom. The van der Waals surface area contributed by atoms with E-state index in [1.807, 2.05) is 53.7 Å². The van der Waals surface area contributed by atoms with Crippen LogP contribution in [-0.4, -0.2) is 57.9 Å². The highest BCUT2D eigenvalue weighted by molar-refractivity contribution is 5.73. The maximum Gasteiger partial charge on any atom is 0.404 e. The highest BCUT2D eigenvalue weighted by Gasteiger charge is 2.46. The number of hydrogen-bond acceptors (Lipinski definition) is 7. The van der Waals surface area contributed by atoms with Gasteiger partial charge in [0.1, 0.15) is 12.2 Å². The maximum absolute atomic E-state index is 12.1. The van der Waals surface area contributed by atoms with Crippen molar-refractivity contribution in [3.05, 3.63) is 49.1 Å². The topological polar surface area (TPSA) is 139 Å². The number of primary amides is 1. The van der Waals surface area contributed by atoms with Gasteiger partial charge in [-0.3, -0.25) is 4.79 Å². The highest BCUT2D eigenvalue weighted by Crippen LogP contribution is 2.47. The van der Waals surface area contributed by atoms with E-state index in [9.17, 15) is 24.9 Å². The van der Waals surface area contributed by atoms with E-state index < -0.39 is 48.4 Å². The van der Waals surface area contributed by atoms with Gasteiger partial charge in [0.05, 0.1) is 24.2 Å². The number of aliphatic hydroxyl groups excluding tert-OH is 3. The van der Waals surface area contributed by atoms with Crippen molar-refractivity contribution >= 4 is 12.1 Å². The largest absolute Gasteiger partial charge is 0.461 e. The summed E-state index contributed by atoms with van der Waals surface area (Å²) < 4.78 is 11.0. The summed E-state index contributed by atoms with van der Waals surface area (Å²) in [5.74, 6) is -1.89. The first kappa shape index (κ1) is 34.8. The summed E-state index contributed by atoms with van der Waals surface area (Å²) in [6, 6.07) is 0. The van der Waals surface area contributed by atoms with Crippen LogP contribution in [0.2, 0.25) is 0 Å². The second-order valence-corrected chi connectivity index (χ2v) is 12.7. The molecule has 232 valence electrons. The molecule has 1 saturated heterocycles. The van der Waals surface area contributed by atoms with E-state index in [2.05, 4.69) is 19.2 Å². The lowest BCUT2D eigenvalue weighted by Crippen LogP contribution is -2.46. The molecule has 1 aliphatic heterocycles. The summed E-state index contributed by atoms with van der Waals surface area (Å²) in [6.45, 7) is 21.4. The van der Waals surface area contributed by atoms with Gasteiger partial charge in [0.15, 0.2) is 0 Å². The number of esters is 1. The van der Waals surface area contributed by atoms with Crippen molar-refractivity contribution in [3.8, 4) is 0 Å². The highest BCUT2D eigenvalue weighted by atomic mass is 16.6. The molecule has 0 aromatic heterocycles. The predicted octanol–water partition coefficient (Wildman–Crippen LogP) is 4.79. The van der Waals surface area contributed by atoms with Crippen molar-refractivity contribution in [2.75, 3.05) is 0 Å². The Morgan fingerprint density at radius 3 is 2.32 bits per heavy atom. The fourth-order valence-corrected chi connectivity index (χ4v) is 6.92. The number of rotatable bonds is 13. The molecular weight excluding hydrogens is 522 g/mol.